The van der Waals surface area contributed by atoms with Gasteiger partial charge in [-0.25, -0.2) is 9.97 Å². The Hall–Kier alpha value is -1.88. The van der Waals surface area contributed by atoms with E-state index in [4.69, 9.17) is 0 Å². The summed E-state index contributed by atoms with van der Waals surface area (Å²) < 4.78 is 2.35. The van der Waals surface area contributed by atoms with Crippen LogP contribution in [0.25, 0.3) is 22.1 Å². The Morgan fingerprint density at radius 2 is 2.21 bits per heavy atom. The van der Waals surface area contributed by atoms with Gasteiger partial charge in [0, 0.05) is 17.6 Å². The van der Waals surface area contributed by atoms with Crippen LogP contribution >= 0.6 is 0 Å². The van der Waals surface area contributed by atoms with Crippen LogP contribution in [0.3, 0.4) is 0 Å². The molecular formula is C14H17N5. The van der Waals surface area contributed by atoms with Gasteiger partial charge in [-0.3, -0.25) is 0 Å². The van der Waals surface area contributed by atoms with Crippen molar-refractivity contribution in [2.75, 3.05) is 13.1 Å². The van der Waals surface area contributed by atoms with Gasteiger partial charge in [0.2, 0.25) is 0 Å². The Morgan fingerprint density at radius 3 is 3.21 bits per heavy atom. The maximum Gasteiger partial charge on any atom is 0.139 e. The highest BCUT2D eigenvalue weighted by molar-refractivity contribution is 6.00. The average molecular weight is 255 g/mol. The Balaban J connectivity index is 1.90. The number of H-pyrrole nitrogens is 1. The fourth-order valence-corrected chi connectivity index (χ4v) is 3.09. The zero-order chi connectivity index (χ0) is 12.7. The molecule has 1 fully saturated rings. The molecule has 1 aliphatic rings. The van der Waals surface area contributed by atoms with Gasteiger partial charge in [0.25, 0.3) is 0 Å². The molecule has 0 aromatic carbocycles. The predicted molar refractivity (Wildman–Crippen MR) is 75.1 cm³/mol. The summed E-state index contributed by atoms with van der Waals surface area (Å²) in [6, 6.07) is 2.64. The molecule has 1 unspecified atom stereocenters. The normalized spacial score (nSPS) is 20.9. The second-order valence-corrected chi connectivity index (χ2v) is 5.22. The zero-order valence-electron chi connectivity index (χ0n) is 10.8. The minimum absolute atomic E-state index is 0.542. The van der Waals surface area contributed by atoms with Crippen molar-refractivity contribution in [1.82, 2.24) is 24.8 Å². The molecule has 1 aliphatic heterocycles. The lowest BCUT2D eigenvalue weighted by molar-refractivity contribution is 0.465. The summed E-state index contributed by atoms with van der Waals surface area (Å²) in [4.78, 5) is 12.1. The SMILES string of the molecule is c1cc2c(ncc3ncn(C4CCCNCC4)c32)[nH]1. The van der Waals surface area contributed by atoms with E-state index >= 15 is 0 Å². The van der Waals surface area contributed by atoms with Gasteiger partial charge in [0.05, 0.1) is 18.0 Å². The average Bonchev–Trinajstić information content (AvgIpc) is 2.98. The first-order valence-corrected chi connectivity index (χ1v) is 6.93. The molecule has 0 amide bonds. The number of rotatable bonds is 1. The molecule has 0 aliphatic carbocycles. The van der Waals surface area contributed by atoms with Crippen molar-refractivity contribution in [3.63, 3.8) is 0 Å². The molecule has 0 bridgehead atoms. The first kappa shape index (κ1) is 11.0. The van der Waals surface area contributed by atoms with E-state index in [9.17, 15) is 0 Å². The van der Waals surface area contributed by atoms with E-state index in [2.05, 4.69) is 30.9 Å². The van der Waals surface area contributed by atoms with Gasteiger partial charge in [-0.1, -0.05) is 0 Å². The summed E-state index contributed by atoms with van der Waals surface area (Å²) in [6.07, 6.45) is 9.40. The molecule has 4 heterocycles. The second-order valence-electron chi connectivity index (χ2n) is 5.22. The van der Waals surface area contributed by atoms with Gasteiger partial charge in [0.1, 0.15) is 11.2 Å². The number of nitrogens with one attached hydrogen (secondary N) is 2. The third kappa shape index (κ3) is 1.73. The van der Waals surface area contributed by atoms with Crippen LogP contribution in [0, 0.1) is 0 Å². The summed E-state index contributed by atoms with van der Waals surface area (Å²) >= 11 is 0. The molecule has 5 heteroatoms. The number of pyridine rings is 1. The molecule has 0 spiro atoms. The van der Waals surface area contributed by atoms with Gasteiger partial charge in [-0.15, -0.1) is 0 Å². The maximum atomic E-state index is 4.52. The number of aromatic amines is 1. The van der Waals surface area contributed by atoms with E-state index in [0.29, 0.717) is 6.04 Å². The molecule has 4 rings (SSSR count). The molecule has 19 heavy (non-hydrogen) atoms. The largest absolute Gasteiger partial charge is 0.346 e. The van der Waals surface area contributed by atoms with Crippen molar-refractivity contribution < 1.29 is 0 Å². The minimum atomic E-state index is 0.542. The van der Waals surface area contributed by atoms with Gasteiger partial charge in [-0.05, 0) is 38.4 Å². The minimum Gasteiger partial charge on any atom is -0.346 e. The molecule has 5 nitrogen and oxygen atoms in total. The fraction of sp³-hybridized carbons (Fsp3) is 0.429. The summed E-state index contributed by atoms with van der Waals surface area (Å²) in [5, 5.41) is 4.64. The number of nitrogens with zero attached hydrogens (tertiary/aromatic N) is 3. The lowest BCUT2D eigenvalue weighted by Crippen LogP contribution is -2.15. The van der Waals surface area contributed by atoms with E-state index in [-0.39, 0.29) is 0 Å². The van der Waals surface area contributed by atoms with Crippen LogP contribution < -0.4 is 5.32 Å². The number of aromatic nitrogens is 4. The van der Waals surface area contributed by atoms with Crippen LogP contribution in [0.1, 0.15) is 25.3 Å². The molecule has 98 valence electrons. The molecule has 1 atom stereocenters. The molecule has 2 N–H and O–H groups in total. The molecular weight excluding hydrogens is 238 g/mol. The highest BCUT2D eigenvalue weighted by Gasteiger charge is 2.18. The topological polar surface area (TPSA) is 58.5 Å². The predicted octanol–water partition coefficient (Wildman–Crippen LogP) is 2.23. The van der Waals surface area contributed by atoms with Crippen molar-refractivity contribution in [3.05, 3.63) is 24.8 Å². The molecule has 1 saturated heterocycles. The first-order chi connectivity index (χ1) is 9.43. The number of hydrogen-bond donors (Lipinski definition) is 2. The summed E-state index contributed by atoms with van der Waals surface area (Å²) in [5.41, 5.74) is 3.16. The van der Waals surface area contributed by atoms with Gasteiger partial charge in [-0.2, -0.15) is 0 Å². The van der Waals surface area contributed by atoms with Crippen molar-refractivity contribution in [2.45, 2.75) is 25.3 Å². The highest BCUT2D eigenvalue weighted by atomic mass is 15.1. The summed E-state index contributed by atoms with van der Waals surface area (Å²) in [5.74, 6) is 0. The Kier molecular flexibility index (Phi) is 2.51. The van der Waals surface area contributed by atoms with Crippen LogP contribution in [-0.2, 0) is 0 Å². The molecule has 3 aromatic heterocycles. The third-order valence-electron chi connectivity index (χ3n) is 4.06. The van der Waals surface area contributed by atoms with Crippen molar-refractivity contribution >= 4 is 22.1 Å². The van der Waals surface area contributed by atoms with Crippen LogP contribution in [0.15, 0.2) is 24.8 Å². The Morgan fingerprint density at radius 1 is 1.21 bits per heavy atom. The summed E-state index contributed by atoms with van der Waals surface area (Å²) in [6.45, 7) is 2.22. The van der Waals surface area contributed by atoms with E-state index < -0.39 is 0 Å². The van der Waals surface area contributed by atoms with Crippen LogP contribution in [0.4, 0.5) is 0 Å². The Labute approximate surface area is 111 Å². The van der Waals surface area contributed by atoms with Crippen molar-refractivity contribution in [1.29, 1.82) is 0 Å². The highest BCUT2D eigenvalue weighted by Crippen LogP contribution is 2.28. The van der Waals surface area contributed by atoms with Crippen molar-refractivity contribution in [2.24, 2.45) is 0 Å². The van der Waals surface area contributed by atoms with E-state index in [1.807, 2.05) is 18.7 Å². The molecule has 3 aromatic rings. The Bertz CT molecular complexity index is 703. The zero-order valence-corrected chi connectivity index (χ0v) is 10.8. The second kappa shape index (κ2) is 4.35. The first-order valence-electron chi connectivity index (χ1n) is 6.93. The number of hydrogen-bond acceptors (Lipinski definition) is 3. The van der Waals surface area contributed by atoms with E-state index in [1.165, 1.54) is 30.2 Å². The smallest absolute Gasteiger partial charge is 0.139 e. The van der Waals surface area contributed by atoms with Crippen molar-refractivity contribution in [3.8, 4) is 0 Å². The van der Waals surface area contributed by atoms with Crippen LogP contribution in [0.5, 0.6) is 0 Å². The monoisotopic (exact) mass is 255 g/mol. The maximum absolute atomic E-state index is 4.52. The third-order valence-corrected chi connectivity index (χ3v) is 4.06. The quantitative estimate of drug-likeness (QED) is 0.701. The number of fused-ring (bicyclic) bond motifs is 3. The molecule has 0 radical (unpaired) electrons. The molecule has 0 saturated carbocycles. The van der Waals surface area contributed by atoms with Gasteiger partial charge >= 0.3 is 0 Å². The van der Waals surface area contributed by atoms with Crippen LogP contribution in [0.2, 0.25) is 0 Å². The lowest BCUT2D eigenvalue weighted by Gasteiger charge is -2.16. The lowest BCUT2D eigenvalue weighted by atomic mass is 10.1. The number of imidazole rings is 1. The van der Waals surface area contributed by atoms with E-state index in [0.717, 1.165) is 24.3 Å². The fourth-order valence-electron chi connectivity index (χ4n) is 3.09. The van der Waals surface area contributed by atoms with Crippen LogP contribution in [-0.4, -0.2) is 32.6 Å². The standard InChI is InChI=1S/C14H17N5/c1-2-10(3-6-15-5-1)19-9-18-12-8-17-14-11(13(12)19)4-7-16-14/h4,7-10,15H,1-3,5-6H2,(H,16,17). The van der Waals surface area contributed by atoms with Gasteiger partial charge in [0.15, 0.2) is 0 Å². The van der Waals surface area contributed by atoms with Gasteiger partial charge < -0.3 is 14.9 Å². The van der Waals surface area contributed by atoms with E-state index in [1.54, 1.807) is 0 Å². The summed E-state index contributed by atoms with van der Waals surface area (Å²) in [7, 11) is 0.